The van der Waals surface area contributed by atoms with Crippen LogP contribution in [0.25, 0.3) is 0 Å². The predicted octanol–water partition coefficient (Wildman–Crippen LogP) is 2.50. The third-order valence-electron chi connectivity index (χ3n) is 3.00. The van der Waals surface area contributed by atoms with E-state index in [1.165, 1.54) is 0 Å². The molecule has 5 nitrogen and oxygen atoms in total. The fourth-order valence-electron chi connectivity index (χ4n) is 2.00. The van der Waals surface area contributed by atoms with Crippen molar-refractivity contribution in [2.75, 3.05) is 13.7 Å². The summed E-state index contributed by atoms with van der Waals surface area (Å²) in [6, 6.07) is 7.49. The summed E-state index contributed by atoms with van der Waals surface area (Å²) >= 11 is 9.52. The molecule has 1 unspecified atom stereocenters. The van der Waals surface area contributed by atoms with Gasteiger partial charge in [0.1, 0.15) is 0 Å². The van der Waals surface area contributed by atoms with Crippen molar-refractivity contribution in [1.29, 1.82) is 0 Å². The number of hydrogen-bond donors (Lipinski definition) is 2. The number of rotatable bonds is 6. The Morgan fingerprint density at radius 3 is 2.95 bits per heavy atom. The number of ether oxygens (including phenoxy) is 1. The molecule has 108 valence electrons. The molecule has 2 rings (SSSR count). The second kappa shape index (κ2) is 7.19. The molecular formula is C13H16BrClN4O. The lowest BCUT2D eigenvalue weighted by molar-refractivity contribution is 0.182. The highest BCUT2D eigenvalue weighted by molar-refractivity contribution is 9.10. The van der Waals surface area contributed by atoms with Crippen LogP contribution >= 0.6 is 27.5 Å². The van der Waals surface area contributed by atoms with E-state index in [1.807, 2.05) is 28.9 Å². The van der Waals surface area contributed by atoms with Crippen LogP contribution in [0.3, 0.4) is 0 Å². The highest BCUT2D eigenvalue weighted by Crippen LogP contribution is 2.28. The number of nitrogens with one attached hydrogen (secondary N) is 1. The van der Waals surface area contributed by atoms with Crippen LogP contribution in [0.2, 0.25) is 5.02 Å². The number of hydrogen-bond acceptors (Lipinski definition) is 4. The molecule has 0 aliphatic rings. The van der Waals surface area contributed by atoms with Gasteiger partial charge in [0.25, 0.3) is 0 Å². The molecule has 3 N–H and O–H groups in total. The van der Waals surface area contributed by atoms with Crippen molar-refractivity contribution in [3.05, 3.63) is 51.2 Å². The van der Waals surface area contributed by atoms with Crippen LogP contribution in [0.5, 0.6) is 0 Å². The highest BCUT2D eigenvalue weighted by Gasteiger charge is 2.17. The molecule has 0 radical (unpaired) electrons. The van der Waals surface area contributed by atoms with Crippen molar-refractivity contribution in [3.63, 3.8) is 0 Å². The first-order chi connectivity index (χ1) is 9.67. The highest BCUT2D eigenvalue weighted by atomic mass is 79.9. The quantitative estimate of drug-likeness (QED) is 0.614. The maximum Gasteiger partial charge on any atom is 0.0878 e. The maximum atomic E-state index is 6.14. The van der Waals surface area contributed by atoms with E-state index >= 15 is 0 Å². The van der Waals surface area contributed by atoms with E-state index in [-0.39, 0.29) is 6.04 Å². The molecule has 0 aliphatic heterocycles. The van der Waals surface area contributed by atoms with Crippen LogP contribution in [0.1, 0.15) is 17.3 Å². The maximum absolute atomic E-state index is 6.14. The molecule has 0 saturated carbocycles. The minimum atomic E-state index is -0.181. The summed E-state index contributed by atoms with van der Waals surface area (Å²) in [6.45, 7) is 1.26. The molecular weight excluding hydrogens is 344 g/mol. The molecule has 7 heteroatoms. The minimum absolute atomic E-state index is 0.181. The van der Waals surface area contributed by atoms with Crippen molar-refractivity contribution in [2.45, 2.75) is 12.6 Å². The molecule has 0 aliphatic carbocycles. The van der Waals surface area contributed by atoms with Gasteiger partial charge >= 0.3 is 0 Å². The van der Waals surface area contributed by atoms with Gasteiger partial charge in [-0.3, -0.25) is 10.5 Å². The van der Waals surface area contributed by atoms with E-state index in [1.54, 1.807) is 13.3 Å². The Bertz CT molecular complexity index is 575. The van der Waals surface area contributed by atoms with Crippen LogP contribution in [0.4, 0.5) is 0 Å². The lowest BCUT2D eigenvalue weighted by Crippen LogP contribution is -2.31. The summed E-state index contributed by atoms with van der Waals surface area (Å²) in [6.07, 6.45) is 1.75. The molecule has 1 heterocycles. The van der Waals surface area contributed by atoms with Crippen LogP contribution < -0.4 is 11.3 Å². The number of methoxy groups -OCH3 is 1. The van der Waals surface area contributed by atoms with E-state index < -0.39 is 0 Å². The number of benzene rings is 1. The number of nitrogens with two attached hydrogens (primary N) is 1. The zero-order valence-corrected chi connectivity index (χ0v) is 13.4. The van der Waals surface area contributed by atoms with Gasteiger partial charge in [0.15, 0.2) is 0 Å². The zero-order valence-electron chi connectivity index (χ0n) is 11.0. The second-order valence-corrected chi connectivity index (χ2v) is 5.51. The number of hydrazine groups is 1. The molecule has 2 aromatic rings. The number of aromatic nitrogens is 2. The average molecular weight is 360 g/mol. The van der Waals surface area contributed by atoms with E-state index in [0.29, 0.717) is 18.2 Å². The monoisotopic (exact) mass is 358 g/mol. The number of nitrogens with zero attached hydrogens (tertiary/aromatic N) is 2. The Kier molecular flexibility index (Phi) is 5.56. The van der Waals surface area contributed by atoms with Gasteiger partial charge in [-0.1, -0.05) is 17.7 Å². The normalized spacial score (nSPS) is 12.6. The third kappa shape index (κ3) is 3.39. The van der Waals surface area contributed by atoms with Gasteiger partial charge in [-0.05, 0) is 39.7 Å². The van der Waals surface area contributed by atoms with Crippen LogP contribution in [0.15, 0.2) is 34.9 Å². The lowest BCUT2D eigenvalue weighted by Gasteiger charge is -2.18. The SMILES string of the molecule is COCCn1nccc1C(NN)c1ccc(Br)c(Cl)c1. The summed E-state index contributed by atoms with van der Waals surface area (Å²) in [5.41, 5.74) is 4.74. The Hall–Kier alpha value is -0.920. The van der Waals surface area contributed by atoms with Crippen LogP contribution in [-0.2, 0) is 11.3 Å². The first-order valence-electron chi connectivity index (χ1n) is 6.09. The first-order valence-corrected chi connectivity index (χ1v) is 7.26. The summed E-state index contributed by atoms with van der Waals surface area (Å²) in [7, 11) is 1.66. The third-order valence-corrected chi connectivity index (χ3v) is 4.23. The molecule has 0 saturated heterocycles. The Morgan fingerprint density at radius 1 is 1.50 bits per heavy atom. The predicted molar refractivity (Wildman–Crippen MR) is 82.4 cm³/mol. The van der Waals surface area contributed by atoms with E-state index in [4.69, 9.17) is 22.2 Å². The topological polar surface area (TPSA) is 65.1 Å². The standard InChI is InChI=1S/C13H16BrClN4O/c1-20-7-6-19-12(4-5-17-19)13(18-16)9-2-3-10(14)11(15)8-9/h2-5,8,13,18H,6-7,16H2,1H3. The van der Waals surface area contributed by atoms with Crippen LogP contribution in [0, 0.1) is 0 Å². The van der Waals surface area contributed by atoms with Gasteiger partial charge in [-0.25, -0.2) is 5.43 Å². The largest absolute Gasteiger partial charge is 0.383 e. The molecule has 1 atom stereocenters. The fourth-order valence-corrected chi connectivity index (χ4v) is 2.43. The molecule has 0 bridgehead atoms. The smallest absolute Gasteiger partial charge is 0.0878 e. The van der Waals surface area contributed by atoms with Gasteiger partial charge in [-0.15, -0.1) is 0 Å². The second-order valence-electron chi connectivity index (χ2n) is 4.25. The molecule has 0 spiro atoms. The summed E-state index contributed by atoms with van der Waals surface area (Å²) in [4.78, 5) is 0. The van der Waals surface area contributed by atoms with Crippen molar-refractivity contribution in [3.8, 4) is 0 Å². The van der Waals surface area contributed by atoms with E-state index in [2.05, 4.69) is 26.5 Å². The minimum Gasteiger partial charge on any atom is -0.383 e. The molecule has 0 fully saturated rings. The molecule has 1 aromatic carbocycles. The van der Waals surface area contributed by atoms with Crippen molar-refractivity contribution in [2.24, 2.45) is 5.84 Å². The fraction of sp³-hybridized carbons (Fsp3) is 0.308. The van der Waals surface area contributed by atoms with Gasteiger partial charge in [0.2, 0.25) is 0 Å². The molecule has 0 amide bonds. The van der Waals surface area contributed by atoms with E-state index in [9.17, 15) is 0 Å². The molecule has 20 heavy (non-hydrogen) atoms. The van der Waals surface area contributed by atoms with Gasteiger partial charge in [0.05, 0.1) is 29.9 Å². The zero-order chi connectivity index (χ0) is 14.5. The summed E-state index contributed by atoms with van der Waals surface area (Å²) in [5, 5.41) is 4.93. The van der Waals surface area contributed by atoms with Crippen molar-refractivity contribution < 1.29 is 4.74 Å². The Labute approximate surface area is 131 Å². The average Bonchev–Trinajstić information content (AvgIpc) is 2.89. The van der Waals surface area contributed by atoms with Gasteiger partial charge in [-0.2, -0.15) is 5.10 Å². The Morgan fingerprint density at radius 2 is 2.30 bits per heavy atom. The number of halogens is 2. The van der Waals surface area contributed by atoms with Gasteiger partial charge in [0, 0.05) is 17.8 Å². The first kappa shape index (κ1) is 15.5. The van der Waals surface area contributed by atoms with Crippen LogP contribution in [-0.4, -0.2) is 23.5 Å². The molecule has 1 aromatic heterocycles. The van der Waals surface area contributed by atoms with E-state index in [0.717, 1.165) is 15.7 Å². The lowest BCUT2D eigenvalue weighted by atomic mass is 10.0. The summed E-state index contributed by atoms with van der Waals surface area (Å²) in [5.74, 6) is 5.70. The van der Waals surface area contributed by atoms with Crippen molar-refractivity contribution >= 4 is 27.5 Å². The summed E-state index contributed by atoms with van der Waals surface area (Å²) < 4.78 is 7.80. The Balaban J connectivity index is 2.32. The van der Waals surface area contributed by atoms with Crippen molar-refractivity contribution in [1.82, 2.24) is 15.2 Å². The van der Waals surface area contributed by atoms with Gasteiger partial charge < -0.3 is 4.74 Å².